The topological polar surface area (TPSA) is 101 Å². The first-order chi connectivity index (χ1) is 13.8. The number of hydrogen-bond donors (Lipinski definition) is 2. The number of aliphatic hydroxyl groups is 1. The van der Waals surface area contributed by atoms with Crippen LogP contribution in [-0.4, -0.2) is 36.7 Å². The van der Waals surface area contributed by atoms with Gasteiger partial charge in [0.2, 0.25) is 0 Å². The van der Waals surface area contributed by atoms with Crippen LogP contribution in [0.25, 0.3) is 22.6 Å². The molecule has 0 unspecified atom stereocenters. The largest absolute Gasteiger partial charge is 0.477 e. The van der Waals surface area contributed by atoms with Crippen LogP contribution in [0.3, 0.4) is 0 Å². The maximum atomic E-state index is 14.3. The van der Waals surface area contributed by atoms with E-state index in [2.05, 4.69) is 10.3 Å². The standard InChI is InChI=1S/C18H14ClF4N3O4/c1-17(2,29)7-26-15(18(21,22)23)8(6-24-26)14-12(16(27)28)13(25-30-14)11-9(19)4-3-5-10(11)20/h3-6,29H,7H2,1-2H3,(H,27,28). The molecule has 0 radical (unpaired) electrons. The van der Waals surface area contributed by atoms with E-state index in [9.17, 15) is 32.6 Å². The molecule has 0 bridgehead atoms. The van der Waals surface area contributed by atoms with Crippen molar-refractivity contribution < 1.29 is 37.1 Å². The maximum absolute atomic E-state index is 14.3. The average Bonchev–Trinajstić information content (AvgIpc) is 3.16. The van der Waals surface area contributed by atoms with Crippen molar-refractivity contribution in [1.82, 2.24) is 14.9 Å². The molecular formula is C18H14ClF4N3O4. The molecule has 0 aliphatic rings. The van der Waals surface area contributed by atoms with E-state index in [1.807, 2.05) is 0 Å². The van der Waals surface area contributed by atoms with E-state index in [0.717, 1.165) is 12.3 Å². The van der Waals surface area contributed by atoms with Gasteiger partial charge in [-0.1, -0.05) is 22.8 Å². The summed E-state index contributed by atoms with van der Waals surface area (Å²) >= 11 is 5.94. The summed E-state index contributed by atoms with van der Waals surface area (Å²) in [7, 11) is 0. The molecule has 160 valence electrons. The Kier molecular flexibility index (Phi) is 5.37. The average molecular weight is 448 g/mol. The van der Waals surface area contributed by atoms with Crippen molar-refractivity contribution in [3.8, 4) is 22.6 Å². The summed E-state index contributed by atoms with van der Waals surface area (Å²) < 4.78 is 60.9. The third kappa shape index (κ3) is 4.03. The molecule has 1 aromatic carbocycles. The second-order valence-corrected chi connectivity index (χ2v) is 7.42. The van der Waals surface area contributed by atoms with Crippen molar-refractivity contribution in [2.75, 3.05) is 0 Å². The van der Waals surface area contributed by atoms with Crippen LogP contribution < -0.4 is 0 Å². The quantitative estimate of drug-likeness (QED) is 0.559. The van der Waals surface area contributed by atoms with Crippen molar-refractivity contribution in [3.05, 3.63) is 46.5 Å². The van der Waals surface area contributed by atoms with E-state index < -0.39 is 63.9 Å². The monoisotopic (exact) mass is 447 g/mol. The number of aromatic nitrogens is 3. The van der Waals surface area contributed by atoms with Gasteiger partial charge in [-0.3, -0.25) is 4.68 Å². The molecule has 12 heteroatoms. The van der Waals surface area contributed by atoms with Crippen molar-refractivity contribution >= 4 is 17.6 Å². The van der Waals surface area contributed by atoms with Crippen LogP contribution in [0.1, 0.15) is 29.9 Å². The Balaban J connectivity index is 2.28. The van der Waals surface area contributed by atoms with E-state index in [-0.39, 0.29) is 5.02 Å². The molecule has 2 heterocycles. The van der Waals surface area contributed by atoms with E-state index in [1.54, 1.807) is 0 Å². The molecule has 7 nitrogen and oxygen atoms in total. The third-order valence-electron chi connectivity index (χ3n) is 3.99. The number of rotatable bonds is 5. The van der Waals surface area contributed by atoms with Crippen LogP contribution in [0.2, 0.25) is 5.02 Å². The second kappa shape index (κ2) is 7.40. The summed E-state index contributed by atoms with van der Waals surface area (Å²) in [5.41, 5.74) is -5.43. The summed E-state index contributed by atoms with van der Waals surface area (Å²) in [6.45, 7) is 2.03. The van der Waals surface area contributed by atoms with E-state index in [0.29, 0.717) is 4.68 Å². The highest BCUT2D eigenvalue weighted by Crippen LogP contribution is 2.42. The van der Waals surface area contributed by atoms with Gasteiger partial charge in [0.05, 0.1) is 34.5 Å². The minimum Gasteiger partial charge on any atom is -0.477 e. The molecule has 3 aromatic rings. The Morgan fingerprint density at radius 1 is 1.30 bits per heavy atom. The lowest BCUT2D eigenvalue weighted by Crippen LogP contribution is -2.29. The van der Waals surface area contributed by atoms with Gasteiger partial charge in [0.25, 0.3) is 0 Å². The van der Waals surface area contributed by atoms with Gasteiger partial charge in [-0.2, -0.15) is 18.3 Å². The molecule has 0 saturated heterocycles. The van der Waals surface area contributed by atoms with Gasteiger partial charge in [0, 0.05) is 0 Å². The van der Waals surface area contributed by atoms with Crippen LogP contribution in [0.5, 0.6) is 0 Å². The zero-order valence-electron chi connectivity index (χ0n) is 15.5. The van der Waals surface area contributed by atoms with Gasteiger partial charge in [-0.25, -0.2) is 9.18 Å². The molecule has 0 fully saturated rings. The molecule has 3 rings (SSSR count). The minimum atomic E-state index is -4.98. The summed E-state index contributed by atoms with van der Waals surface area (Å²) in [6, 6.07) is 3.52. The Bertz CT molecular complexity index is 1100. The first-order valence-corrected chi connectivity index (χ1v) is 8.72. The molecule has 30 heavy (non-hydrogen) atoms. The SMILES string of the molecule is CC(C)(O)Cn1ncc(-c2onc(-c3c(F)cccc3Cl)c2C(=O)O)c1C(F)(F)F. The van der Waals surface area contributed by atoms with Crippen LogP contribution in [0, 0.1) is 5.82 Å². The Labute approximate surface area is 171 Å². The molecule has 0 aliphatic heterocycles. The molecular weight excluding hydrogens is 434 g/mol. The lowest BCUT2D eigenvalue weighted by atomic mass is 10.0. The lowest BCUT2D eigenvalue weighted by Gasteiger charge is -2.20. The number of benzene rings is 1. The number of nitrogens with zero attached hydrogens (tertiary/aromatic N) is 3. The number of halogens is 5. The molecule has 2 aromatic heterocycles. The zero-order chi connectivity index (χ0) is 22.4. The molecule has 0 saturated carbocycles. The summed E-state index contributed by atoms with van der Waals surface area (Å²) in [4.78, 5) is 11.9. The third-order valence-corrected chi connectivity index (χ3v) is 4.31. The van der Waals surface area contributed by atoms with E-state index in [4.69, 9.17) is 16.1 Å². The fourth-order valence-electron chi connectivity index (χ4n) is 2.90. The van der Waals surface area contributed by atoms with Gasteiger partial charge in [0.15, 0.2) is 11.5 Å². The zero-order valence-corrected chi connectivity index (χ0v) is 16.2. The number of carboxylic acids is 1. The fraction of sp³-hybridized carbons (Fsp3) is 0.278. The molecule has 0 amide bonds. The van der Waals surface area contributed by atoms with Gasteiger partial charge in [0.1, 0.15) is 17.1 Å². The fourth-order valence-corrected chi connectivity index (χ4v) is 3.16. The van der Waals surface area contributed by atoms with Gasteiger partial charge in [-0.05, 0) is 26.0 Å². The summed E-state index contributed by atoms with van der Waals surface area (Å²) in [6.07, 6.45) is -4.23. The van der Waals surface area contributed by atoms with Gasteiger partial charge in [-0.15, -0.1) is 0 Å². The van der Waals surface area contributed by atoms with Crippen molar-refractivity contribution in [2.24, 2.45) is 0 Å². The van der Waals surface area contributed by atoms with Crippen LogP contribution in [-0.2, 0) is 12.7 Å². The maximum Gasteiger partial charge on any atom is 0.433 e. The first kappa shape index (κ1) is 21.8. The van der Waals surface area contributed by atoms with Crippen LogP contribution in [0.15, 0.2) is 28.9 Å². The molecule has 0 aliphatic carbocycles. The van der Waals surface area contributed by atoms with Crippen molar-refractivity contribution in [2.45, 2.75) is 32.2 Å². The highest BCUT2D eigenvalue weighted by molar-refractivity contribution is 6.33. The molecule has 0 atom stereocenters. The highest BCUT2D eigenvalue weighted by Gasteiger charge is 2.42. The van der Waals surface area contributed by atoms with Gasteiger partial charge < -0.3 is 14.7 Å². The van der Waals surface area contributed by atoms with Crippen molar-refractivity contribution in [3.63, 3.8) is 0 Å². The van der Waals surface area contributed by atoms with Gasteiger partial charge >= 0.3 is 12.1 Å². The van der Waals surface area contributed by atoms with E-state index in [1.165, 1.54) is 26.0 Å². The highest BCUT2D eigenvalue weighted by atomic mass is 35.5. The number of aromatic carboxylic acids is 1. The Morgan fingerprint density at radius 2 is 1.97 bits per heavy atom. The predicted octanol–water partition coefficient (Wildman–Crippen LogP) is 4.49. The molecule has 2 N–H and O–H groups in total. The smallest absolute Gasteiger partial charge is 0.433 e. The summed E-state index contributed by atoms with van der Waals surface area (Å²) in [5, 5.41) is 26.4. The van der Waals surface area contributed by atoms with Crippen LogP contribution in [0.4, 0.5) is 17.6 Å². The molecule has 0 spiro atoms. The number of carbonyl (C=O) groups is 1. The van der Waals surface area contributed by atoms with Crippen LogP contribution >= 0.6 is 11.6 Å². The number of carboxylic acid groups (broad SMARTS) is 1. The normalized spacial score (nSPS) is 12.4. The predicted molar refractivity (Wildman–Crippen MR) is 96.4 cm³/mol. The lowest BCUT2D eigenvalue weighted by molar-refractivity contribution is -0.144. The van der Waals surface area contributed by atoms with Crippen molar-refractivity contribution in [1.29, 1.82) is 0 Å². The second-order valence-electron chi connectivity index (χ2n) is 7.01. The Hall–Kier alpha value is -2.92. The number of hydrogen-bond acceptors (Lipinski definition) is 5. The Morgan fingerprint density at radius 3 is 2.50 bits per heavy atom. The summed E-state index contributed by atoms with van der Waals surface area (Å²) in [5.74, 6) is -3.41. The number of alkyl halides is 3. The van der Waals surface area contributed by atoms with E-state index >= 15 is 0 Å². The first-order valence-electron chi connectivity index (χ1n) is 8.34. The minimum absolute atomic E-state index is 0.203.